The fourth-order valence-electron chi connectivity index (χ4n) is 4.93. The van der Waals surface area contributed by atoms with Crippen molar-refractivity contribution in [3.63, 3.8) is 0 Å². The van der Waals surface area contributed by atoms with Crippen LogP contribution in [0.3, 0.4) is 0 Å². The summed E-state index contributed by atoms with van der Waals surface area (Å²) in [6.45, 7) is 3.38. The molecule has 1 saturated carbocycles. The molecule has 3 aliphatic rings. The molecule has 1 N–H and O–H groups in total. The minimum Gasteiger partial charge on any atom is -0.348 e. The monoisotopic (exact) mass is 535 g/mol. The quantitative estimate of drug-likeness (QED) is 0.598. The van der Waals surface area contributed by atoms with E-state index in [9.17, 15) is 18.0 Å². The van der Waals surface area contributed by atoms with Crippen molar-refractivity contribution in [1.82, 2.24) is 14.5 Å². The molecule has 2 heterocycles. The lowest BCUT2D eigenvalue weighted by Crippen LogP contribution is -2.51. The largest absolute Gasteiger partial charge is 0.348 e. The number of benzene rings is 2. The average molecular weight is 536 g/mol. The molecule has 10 heteroatoms. The van der Waals surface area contributed by atoms with Gasteiger partial charge < -0.3 is 10.2 Å². The van der Waals surface area contributed by atoms with Gasteiger partial charge in [-0.05, 0) is 73.9 Å². The Morgan fingerprint density at radius 2 is 1.83 bits per heavy atom. The van der Waals surface area contributed by atoms with Crippen molar-refractivity contribution in [1.29, 1.82) is 0 Å². The van der Waals surface area contributed by atoms with Crippen LogP contribution in [-0.4, -0.2) is 55.1 Å². The summed E-state index contributed by atoms with van der Waals surface area (Å²) in [6.07, 6.45) is 3.40. The van der Waals surface area contributed by atoms with Gasteiger partial charge in [0.25, 0.3) is 5.91 Å². The summed E-state index contributed by atoms with van der Waals surface area (Å²) < 4.78 is 27.5. The fraction of sp³-hybridized carbons (Fsp3) is 0.440. The van der Waals surface area contributed by atoms with Crippen molar-refractivity contribution >= 4 is 45.0 Å². The molecule has 2 aliphatic heterocycles. The Balaban J connectivity index is 1.29. The van der Waals surface area contributed by atoms with Gasteiger partial charge in [0, 0.05) is 25.2 Å². The molecule has 2 atom stereocenters. The molecule has 2 amide bonds. The predicted octanol–water partition coefficient (Wildman–Crippen LogP) is 4.26. The van der Waals surface area contributed by atoms with Crippen LogP contribution in [0, 0.1) is 5.41 Å². The van der Waals surface area contributed by atoms with E-state index in [1.165, 1.54) is 21.3 Å². The number of amides is 2. The summed E-state index contributed by atoms with van der Waals surface area (Å²) in [5.41, 5.74) is 1.27. The van der Waals surface area contributed by atoms with Gasteiger partial charge in [0.15, 0.2) is 0 Å². The summed E-state index contributed by atoms with van der Waals surface area (Å²) in [5, 5.41) is 3.81. The van der Waals surface area contributed by atoms with E-state index in [1.54, 1.807) is 30.3 Å². The van der Waals surface area contributed by atoms with Crippen LogP contribution < -0.4 is 5.32 Å². The third kappa shape index (κ3) is 4.69. The third-order valence-corrected chi connectivity index (χ3v) is 9.84. The van der Waals surface area contributed by atoms with Gasteiger partial charge in [-0.3, -0.25) is 9.59 Å². The Bertz CT molecular complexity index is 1290. The molecule has 0 unspecified atom stereocenters. The van der Waals surface area contributed by atoms with Crippen molar-refractivity contribution < 1.29 is 18.0 Å². The first kappa shape index (κ1) is 24.6. The van der Waals surface area contributed by atoms with E-state index in [2.05, 4.69) is 5.32 Å². The molecular weight excluding hydrogens is 509 g/mol. The Kier molecular flexibility index (Phi) is 6.36. The van der Waals surface area contributed by atoms with E-state index in [0.717, 1.165) is 18.4 Å². The molecule has 7 nitrogen and oxygen atoms in total. The van der Waals surface area contributed by atoms with Gasteiger partial charge in [-0.15, -0.1) is 0 Å². The normalized spacial score (nSPS) is 22.0. The van der Waals surface area contributed by atoms with Crippen molar-refractivity contribution in [3.8, 4) is 0 Å². The molecule has 2 aromatic carbocycles. The van der Waals surface area contributed by atoms with Crippen LogP contribution in [0.4, 0.5) is 0 Å². The topological polar surface area (TPSA) is 86.8 Å². The number of likely N-dealkylation sites (tertiary alicyclic amines) is 1. The van der Waals surface area contributed by atoms with Crippen molar-refractivity contribution in [2.24, 2.45) is 5.41 Å². The summed E-state index contributed by atoms with van der Waals surface area (Å²) in [4.78, 5) is 28.1. The Morgan fingerprint density at radius 1 is 1.09 bits per heavy atom. The molecule has 1 spiro atoms. The van der Waals surface area contributed by atoms with Crippen LogP contribution in [0.2, 0.25) is 10.0 Å². The minimum absolute atomic E-state index is 0.118. The highest BCUT2D eigenvalue weighted by Crippen LogP contribution is 2.54. The Hall–Kier alpha value is -2.13. The third-order valence-electron chi connectivity index (χ3n) is 7.32. The van der Waals surface area contributed by atoms with E-state index < -0.39 is 16.1 Å². The average Bonchev–Trinajstić information content (AvgIpc) is 3.48. The van der Waals surface area contributed by atoms with Crippen LogP contribution in [0.25, 0.3) is 0 Å². The maximum Gasteiger partial charge on any atom is 0.254 e. The number of carbonyl (C=O) groups is 2. The molecule has 2 aromatic rings. The first-order chi connectivity index (χ1) is 16.6. The summed E-state index contributed by atoms with van der Waals surface area (Å²) in [7, 11) is -3.63. The van der Waals surface area contributed by atoms with Gasteiger partial charge in [0.1, 0.15) is 6.04 Å². The van der Waals surface area contributed by atoms with E-state index in [4.69, 9.17) is 23.2 Å². The second-order valence-electron chi connectivity index (χ2n) is 9.86. The lowest BCUT2D eigenvalue weighted by Gasteiger charge is -2.38. The Labute approximate surface area is 215 Å². The van der Waals surface area contributed by atoms with Crippen LogP contribution >= 0.6 is 23.2 Å². The number of rotatable bonds is 6. The van der Waals surface area contributed by atoms with Gasteiger partial charge >= 0.3 is 0 Å². The smallest absolute Gasteiger partial charge is 0.254 e. The fourth-order valence-corrected chi connectivity index (χ4v) is 6.95. The first-order valence-corrected chi connectivity index (χ1v) is 14.0. The summed E-state index contributed by atoms with van der Waals surface area (Å²) in [5.74, 6) is -0.599. The highest BCUT2D eigenvalue weighted by molar-refractivity contribution is 7.89. The number of halogens is 2. The standard InChI is InChI=1S/C25H27Cl2N3O4S/c1-16(17-7-8-20(26)21(27)13-17)28-23(31)22-6-3-11-30(22)24(32)18-4-2-5-19(12-18)35(33,34)29-14-25(15-29)9-10-25/h2,4-5,7-8,12-13,16,22H,3,6,9-11,14-15H2,1H3,(H,28,31)/t16-,22-/m1/s1. The van der Waals surface area contributed by atoms with Crippen LogP contribution in [0.15, 0.2) is 47.4 Å². The number of carbonyl (C=O) groups excluding carboxylic acids is 2. The highest BCUT2D eigenvalue weighted by Gasteiger charge is 2.56. The second-order valence-corrected chi connectivity index (χ2v) is 12.6. The zero-order valence-corrected chi connectivity index (χ0v) is 21.7. The molecule has 0 radical (unpaired) electrons. The van der Waals surface area contributed by atoms with Gasteiger partial charge in [-0.25, -0.2) is 8.42 Å². The zero-order valence-electron chi connectivity index (χ0n) is 19.3. The van der Waals surface area contributed by atoms with Crippen LogP contribution in [0.5, 0.6) is 0 Å². The SMILES string of the molecule is C[C@@H](NC(=O)[C@H]1CCCN1C(=O)c1cccc(S(=O)(=O)N2CC3(CC3)C2)c1)c1ccc(Cl)c(Cl)c1. The molecule has 186 valence electrons. The molecule has 3 fully saturated rings. The zero-order chi connectivity index (χ0) is 25.0. The molecule has 35 heavy (non-hydrogen) atoms. The summed E-state index contributed by atoms with van der Waals surface area (Å²) >= 11 is 12.1. The lowest BCUT2D eigenvalue weighted by atomic mass is 10.0. The van der Waals surface area contributed by atoms with E-state index in [1.807, 2.05) is 6.92 Å². The number of nitrogens with zero attached hydrogens (tertiary/aromatic N) is 2. The van der Waals surface area contributed by atoms with E-state index in [0.29, 0.717) is 42.5 Å². The molecule has 1 aliphatic carbocycles. The second kappa shape index (κ2) is 9.07. The van der Waals surface area contributed by atoms with E-state index in [-0.39, 0.29) is 33.7 Å². The van der Waals surface area contributed by atoms with Crippen LogP contribution in [0.1, 0.15) is 54.6 Å². The van der Waals surface area contributed by atoms with Crippen molar-refractivity contribution in [2.45, 2.75) is 49.6 Å². The summed E-state index contributed by atoms with van der Waals surface area (Å²) in [6, 6.07) is 10.4. The number of nitrogens with one attached hydrogen (secondary N) is 1. The number of hydrogen-bond donors (Lipinski definition) is 1. The number of sulfonamides is 1. The molecule has 0 bridgehead atoms. The minimum atomic E-state index is -3.63. The predicted molar refractivity (Wildman–Crippen MR) is 134 cm³/mol. The molecule has 0 aromatic heterocycles. The van der Waals surface area contributed by atoms with Crippen LogP contribution in [-0.2, 0) is 14.8 Å². The maximum absolute atomic E-state index is 13.4. The highest BCUT2D eigenvalue weighted by atomic mass is 35.5. The molecular formula is C25H27Cl2N3O4S. The van der Waals surface area contributed by atoms with Crippen molar-refractivity contribution in [2.75, 3.05) is 19.6 Å². The first-order valence-electron chi connectivity index (χ1n) is 11.8. The number of hydrogen-bond acceptors (Lipinski definition) is 4. The van der Waals surface area contributed by atoms with E-state index >= 15 is 0 Å². The maximum atomic E-state index is 13.4. The Morgan fingerprint density at radius 3 is 2.51 bits per heavy atom. The van der Waals surface area contributed by atoms with Gasteiger partial charge in [0.05, 0.1) is 21.0 Å². The van der Waals surface area contributed by atoms with Gasteiger partial charge in [-0.2, -0.15) is 4.31 Å². The van der Waals surface area contributed by atoms with Gasteiger partial charge in [0.2, 0.25) is 15.9 Å². The lowest BCUT2D eigenvalue weighted by molar-refractivity contribution is -0.125. The van der Waals surface area contributed by atoms with Crippen molar-refractivity contribution in [3.05, 3.63) is 63.6 Å². The molecule has 2 saturated heterocycles. The van der Waals surface area contributed by atoms with Gasteiger partial charge in [-0.1, -0.05) is 35.3 Å². The molecule has 5 rings (SSSR count).